The smallest absolute Gasteiger partial charge is 0.255 e. The van der Waals surface area contributed by atoms with Gasteiger partial charge in [-0.25, -0.2) is 0 Å². The molecular weight excluding hydrogens is 400 g/mol. The van der Waals surface area contributed by atoms with E-state index in [1.807, 2.05) is 11.6 Å². The van der Waals surface area contributed by atoms with E-state index in [0.717, 1.165) is 43.8 Å². The molecule has 2 saturated heterocycles. The van der Waals surface area contributed by atoms with Crippen LogP contribution in [0.1, 0.15) is 53.1 Å². The maximum atomic E-state index is 12.9. The fourth-order valence-electron chi connectivity index (χ4n) is 5.02. The molecule has 0 aromatic heterocycles. The monoisotopic (exact) mass is 426 g/mol. The van der Waals surface area contributed by atoms with Crippen LogP contribution in [0.3, 0.4) is 0 Å². The predicted octanol–water partition coefficient (Wildman–Crippen LogP) is 1.77. The van der Waals surface area contributed by atoms with E-state index in [1.165, 1.54) is 5.56 Å². The molecule has 4 heterocycles. The molecule has 4 aliphatic heterocycles. The average molecular weight is 427 g/mol. The standard InChI is InChI=1S/C22H26N4O3S/c27-20-4-3-19(21(28)24-20)26-10-16-9-15(1-2-18(16)22(26)29)14-5-7-25(8-6-14)11-17-12-30-13-23-17/h1-2,9,13-14,17,19H,3-8,10-12H2,(H,24,27,28). The lowest BCUT2D eigenvalue weighted by molar-refractivity contribution is -0.136. The lowest BCUT2D eigenvalue weighted by atomic mass is 9.88. The van der Waals surface area contributed by atoms with Gasteiger partial charge in [0.1, 0.15) is 6.04 Å². The van der Waals surface area contributed by atoms with Gasteiger partial charge in [0, 0.05) is 30.8 Å². The first-order valence-corrected chi connectivity index (χ1v) is 11.8. The van der Waals surface area contributed by atoms with Crippen LogP contribution >= 0.6 is 11.8 Å². The Balaban J connectivity index is 1.23. The fourth-order valence-corrected chi connectivity index (χ4v) is 5.78. The Labute approximate surface area is 180 Å². The van der Waals surface area contributed by atoms with Crippen molar-refractivity contribution < 1.29 is 14.4 Å². The van der Waals surface area contributed by atoms with Crippen LogP contribution in [0.4, 0.5) is 0 Å². The number of thioether (sulfide) groups is 1. The third-order valence-electron chi connectivity index (χ3n) is 6.71. The Kier molecular flexibility index (Phi) is 5.37. The Bertz CT molecular complexity index is 910. The largest absolute Gasteiger partial charge is 0.322 e. The molecular formula is C22H26N4O3S. The van der Waals surface area contributed by atoms with Crippen molar-refractivity contribution in [1.29, 1.82) is 0 Å². The van der Waals surface area contributed by atoms with E-state index in [0.29, 0.717) is 30.5 Å². The quantitative estimate of drug-likeness (QED) is 0.742. The minimum atomic E-state index is -0.550. The maximum absolute atomic E-state index is 12.9. The Morgan fingerprint density at radius 2 is 1.97 bits per heavy atom. The molecule has 2 atom stereocenters. The van der Waals surface area contributed by atoms with Gasteiger partial charge in [-0.1, -0.05) is 12.1 Å². The Hall–Kier alpha value is -2.19. The van der Waals surface area contributed by atoms with Crippen molar-refractivity contribution in [2.75, 3.05) is 25.4 Å². The van der Waals surface area contributed by atoms with Crippen molar-refractivity contribution in [3.63, 3.8) is 0 Å². The van der Waals surface area contributed by atoms with Crippen molar-refractivity contribution in [1.82, 2.24) is 15.1 Å². The van der Waals surface area contributed by atoms with Crippen molar-refractivity contribution in [3.05, 3.63) is 34.9 Å². The van der Waals surface area contributed by atoms with Crippen LogP contribution in [0.15, 0.2) is 23.2 Å². The van der Waals surface area contributed by atoms with E-state index in [-0.39, 0.29) is 24.1 Å². The van der Waals surface area contributed by atoms with Crippen LogP contribution in [0, 0.1) is 0 Å². The van der Waals surface area contributed by atoms with Gasteiger partial charge < -0.3 is 9.80 Å². The molecule has 0 saturated carbocycles. The van der Waals surface area contributed by atoms with Crippen LogP contribution in [0.25, 0.3) is 0 Å². The highest BCUT2D eigenvalue weighted by atomic mass is 32.2. The summed E-state index contributed by atoms with van der Waals surface area (Å²) in [6.45, 7) is 3.67. The first-order chi connectivity index (χ1) is 14.6. The first kappa shape index (κ1) is 19.8. The number of nitrogens with one attached hydrogen (secondary N) is 1. The molecule has 1 aromatic rings. The molecule has 0 bridgehead atoms. The molecule has 0 spiro atoms. The number of benzene rings is 1. The van der Waals surface area contributed by atoms with Crippen molar-refractivity contribution >= 4 is 35.0 Å². The number of amides is 3. The van der Waals surface area contributed by atoms with Gasteiger partial charge in [-0.05, 0) is 55.5 Å². The summed E-state index contributed by atoms with van der Waals surface area (Å²) in [6, 6.07) is 6.07. The van der Waals surface area contributed by atoms with Gasteiger partial charge in [0.25, 0.3) is 5.91 Å². The van der Waals surface area contributed by atoms with E-state index in [9.17, 15) is 14.4 Å². The van der Waals surface area contributed by atoms with E-state index in [1.54, 1.807) is 16.7 Å². The van der Waals surface area contributed by atoms with E-state index >= 15 is 0 Å². The van der Waals surface area contributed by atoms with Crippen molar-refractivity contribution in [2.24, 2.45) is 4.99 Å². The van der Waals surface area contributed by atoms with Gasteiger partial charge in [-0.3, -0.25) is 24.7 Å². The third kappa shape index (κ3) is 3.78. The van der Waals surface area contributed by atoms with Gasteiger partial charge in [0.05, 0.1) is 11.6 Å². The molecule has 5 rings (SSSR count). The summed E-state index contributed by atoms with van der Waals surface area (Å²) in [6.07, 6.45) is 2.92. The van der Waals surface area contributed by atoms with Gasteiger partial charge in [-0.2, -0.15) is 0 Å². The zero-order valence-electron chi connectivity index (χ0n) is 16.9. The molecule has 2 fully saturated rings. The molecule has 1 aromatic carbocycles. The number of hydrogen-bond donors (Lipinski definition) is 1. The lowest BCUT2D eigenvalue weighted by Gasteiger charge is -2.33. The number of fused-ring (bicyclic) bond motifs is 1. The highest BCUT2D eigenvalue weighted by Crippen LogP contribution is 2.33. The average Bonchev–Trinajstić information content (AvgIpc) is 3.36. The zero-order chi connectivity index (χ0) is 20.7. The second-order valence-electron chi connectivity index (χ2n) is 8.63. The highest BCUT2D eigenvalue weighted by molar-refractivity contribution is 8.12. The van der Waals surface area contributed by atoms with Gasteiger partial charge >= 0.3 is 0 Å². The number of nitrogens with zero attached hydrogens (tertiary/aromatic N) is 3. The van der Waals surface area contributed by atoms with Crippen molar-refractivity contribution in [2.45, 2.75) is 50.2 Å². The minimum absolute atomic E-state index is 0.101. The molecule has 8 heteroatoms. The molecule has 0 aliphatic carbocycles. The summed E-state index contributed by atoms with van der Waals surface area (Å²) in [5.41, 5.74) is 4.96. The van der Waals surface area contributed by atoms with Crippen LogP contribution < -0.4 is 5.32 Å². The minimum Gasteiger partial charge on any atom is -0.322 e. The van der Waals surface area contributed by atoms with Gasteiger partial charge in [0.15, 0.2) is 0 Å². The van der Waals surface area contributed by atoms with E-state index in [2.05, 4.69) is 27.3 Å². The number of hydrogen-bond acceptors (Lipinski definition) is 6. The molecule has 7 nitrogen and oxygen atoms in total. The van der Waals surface area contributed by atoms with Crippen LogP contribution in [-0.2, 0) is 16.1 Å². The third-order valence-corrected chi connectivity index (χ3v) is 7.56. The fraction of sp³-hybridized carbons (Fsp3) is 0.545. The number of rotatable bonds is 4. The summed E-state index contributed by atoms with van der Waals surface area (Å²) < 4.78 is 0. The van der Waals surface area contributed by atoms with Crippen LogP contribution in [-0.4, -0.2) is 70.5 Å². The number of aliphatic imine (C=N–C) groups is 1. The zero-order valence-corrected chi connectivity index (χ0v) is 17.7. The van der Waals surface area contributed by atoms with Crippen LogP contribution in [0.5, 0.6) is 0 Å². The normalized spacial score (nSPS) is 27.6. The molecule has 0 radical (unpaired) electrons. The number of likely N-dealkylation sites (tertiary alicyclic amines) is 1. The number of carbonyl (C=O) groups excluding carboxylic acids is 3. The van der Waals surface area contributed by atoms with Crippen LogP contribution in [0.2, 0.25) is 0 Å². The Morgan fingerprint density at radius 1 is 1.13 bits per heavy atom. The van der Waals surface area contributed by atoms with E-state index < -0.39 is 6.04 Å². The summed E-state index contributed by atoms with van der Waals surface area (Å²) in [4.78, 5) is 45.2. The maximum Gasteiger partial charge on any atom is 0.255 e. The summed E-state index contributed by atoms with van der Waals surface area (Å²) >= 11 is 1.80. The summed E-state index contributed by atoms with van der Waals surface area (Å²) in [7, 11) is 0. The molecule has 3 amide bonds. The van der Waals surface area contributed by atoms with E-state index in [4.69, 9.17) is 0 Å². The number of piperidine rings is 2. The topological polar surface area (TPSA) is 82.1 Å². The second-order valence-corrected chi connectivity index (χ2v) is 9.51. The van der Waals surface area contributed by atoms with Crippen molar-refractivity contribution in [3.8, 4) is 0 Å². The predicted molar refractivity (Wildman–Crippen MR) is 116 cm³/mol. The molecule has 30 heavy (non-hydrogen) atoms. The summed E-state index contributed by atoms with van der Waals surface area (Å²) in [5, 5.41) is 2.36. The number of imide groups is 1. The molecule has 158 valence electrons. The summed E-state index contributed by atoms with van der Waals surface area (Å²) in [5.74, 6) is 0.892. The SMILES string of the molecule is O=C1CCC(N2Cc3cc(C4CCN(CC5CSC=N5)CC4)ccc3C2=O)C(=O)N1. The lowest BCUT2D eigenvalue weighted by Crippen LogP contribution is -2.52. The van der Waals surface area contributed by atoms with Gasteiger partial charge in [0.2, 0.25) is 11.8 Å². The first-order valence-electron chi connectivity index (χ1n) is 10.7. The molecule has 1 N–H and O–H groups in total. The van der Waals surface area contributed by atoms with Gasteiger partial charge in [-0.15, -0.1) is 11.8 Å². The molecule has 4 aliphatic rings. The molecule has 2 unspecified atom stereocenters. The number of carbonyl (C=O) groups is 3. The second kappa shape index (κ2) is 8.15. The Morgan fingerprint density at radius 3 is 2.70 bits per heavy atom. The highest BCUT2D eigenvalue weighted by Gasteiger charge is 2.39.